The third-order valence-electron chi connectivity index (χ3n) is 2.68. The Morgan fingerprint density at radius 1 is 1.47 bits per heavy atom. The summed E-state index contributed by atoms with van der Waals surface area (Å²) in [6, 6.07) is 7.99. The molecule has 2 N–H and O–H groups in total. The van der Waals surface area contributed by atoms with Crippen molar-refractivity contribution in [3.8, 4) is 6.07 Å². The molecule has 17 heavy (non-hydrogen) atoms. The van der Waals surface area contributed by atoms with Gasteiger partial charge in [-0.3, -0.25) is 0 Å². The van der Waals surface area contributed by atoms with E-state index in [0.717, 1.165) is 11.3 Å². The van der Waals surface area contributed by atoms with Crippen LogP contribution >= 0.6 is 11.6 Å². The normalized spacial score (nSPS) is 13.9. The number of halogens is 1. The van der Waals surface area contributed by atoms with E-state index < -0.39 is 0 Å². The van der Waals surface area contributed by atoms with E-state index in [9.17, 15) is 0 Å². The predicted molar refractivity (Wildman–Crippen MR) is 72.1 cm³/mol. The van der Waals surface area contributed by atoms with E-state index >= 15 is 0 Å². The molecular weight excluding hydrogens is 234 g/mol. The molecule has 0 saturated carbocycles. The smallest absolute Gasteiger partial charge is 0.0671 e. The largest absolute Gasteiger partial charge is 0.372 e. The van der Waals surface area contributed by atoms with Gasteiger partial charge in [0.25, 0.3) is 0 Å². The van der Waals surface area contributed by atoms with Crippen LogP contribution in [0.4, 0.5) is 5.69 Å². The maximum atomic E-state index is 8.79. The van der Waals surface area contributed by atoms with Gasteiger partial charge in [0.1, 0.15) is 0 Å². The van der Waals surface area contributed by atoms with E-state index in [2.05, 4.69) is 6.07 Å². The quantitative estimate of drug-likeness (QED) is 0.895. The molecule has 1 unspecified atom stereocenters. The summed E-state index contributed by atoms with van der Waals surface area (Å²) < 4.78 is 0. The van der Waals surface area contributed by atoms with Gasteiger partial charge < -0.3 is 10.6 Å². The number of benzene rings is 1. The molecule has 1 aromatic carbocycles. The van der Waals surface area contributed by atoms with Crippen molar-refractivity contribution in [3.63, 3.8) is 0 Å². The number of nitriles is 1. The molecule has 0 heterocycles. The average Bonchev–Trinajstić information content (AvgIpc) is 2.28. The third kappa shape index (κ3) is 3.62. The molecule has 0 aliphatic heterocycles. The second-order valence-corrected chi connectivity index (χ2v) is 4.82. The van der Waals surface area contributed by atoms with Gasteiger partial charge in [-0.25, -0.2) is 0 Å². The molecule has 0 amide bonds. The van der Waals surface area contributed by atoms with Crippen molar-refractivity contribution in [2.75, 3.05) is 18.5 Å². The van der Waals surface area contributed by atoms with E-state index in [1.54, 1.807) is 0 Å². The highest BCUT2D eigenvalue weighted by Crippen LogP contribution is 2.28. The van der Waals surface area contributed by atoms with Crippen molar-refractivity contribution < 1.29 is 0 Å². The van der Waals surface area contributed by atoms with Gasteiger partial charge in [-0.15, -0.1) is 0 Å². The molecule has 0 aromatic heterocycles. The molecule has 0 spiro atoms. The monoisotopic (exact) mass is 251 g/mol. The van der Waals surface area contributed by atoms with E-state index in [0.29, 0.717) is 11.6 Å². The summed E-state index contributed by atoms with van der Waals surface area (Å²) in [5.41, 5.74) is 7.74. The summed E-state index contributed by atoms with van der Waals surface area (Å²) >= 11 is 6.21. The van der Waals surface area contributed by atoms with Crippen LogP contribution in [0.25, 0.3) is 0 Å². The first-order chi connectivity index (χ1) is 7.95. The Labute approximate surface area is 108 Å². The molecule has 4 heteroatoms. The fourth-order valence-electron chi connectivity index (χ4n) is 1.67. The standard InChI is InChI=1S/C13H18ClN3/c1-9(7-15)8-17(3)13-5-4-11(10(2)16)6-12(13)14/h4-6,9-10H,8,16H2,1-3H3/t9?,10-/m1/s1. The fraction of sp³-hybridized carbons (Fsp3) is 0.462. The maximum Gasteiger partial charge on any atom is 0.0671 e. The van der Waals surface area contributed by atoms with Crippen LogP contribution in [0, 0.1) is 17.2 Å². The lowest BCUT2D eigenvalue weighted by Crippen LogP contribution is -2.23. The topological polar surface area (TPSA) is 53.0 Å². The molecule has 3 nitrogen and oxygen atoms in total. The highest BCUT2D eigenvalue weighted by molar-refractivity contribution is 6.33. The van der Waals surface area contributed by atoms with Gasteiger partial charge in [0.05, 0.1) is 22.7 Å². The number of hydrogen-bond acceptors (Lipinski definition) is 3. The SMILES string of the molecule is CC(C#N)CN(C)c1ccc([C@@H](C)N)cc1Cl. The molecule has 92 valence electrons. The van der Waals surface area contributed by atoms with Crippen molar-refractivity contribution in [1.29, 1.82) is 5.26 Å². The lowest BCUT2D eigenvalue weighted by atomic mass is 10.1. The second kappa shape index (κ2) is 5.90. The van der Waals surface area contributed by atoms with Crippen molar-refractivity contribution in [3.05, 3.63) is 28.8 Å². The minimum atomic E-state index is -0.0239. The number of nitrogens with two attached hydrogens (primary N) is 1. The predicted octanol–water partition coefficient (Wildman–Crippen LogP) is 2.96. The second-order valence-electron chi connectivity index (χ2n) is 4.41. The molecule has 0 fully saturated rings. The van der Waals surface area contributed by atoms with Crippen molar-refractivity contribution in [2.24, 2.45) is 11.7 Å². The molecule has 0 radical (unpaired) electrons. The highest BCUT2D eigenvalue weighted by atomic mass is 35.5. The number of rotatable bonds is 4. The lowest BCUT2D eigenvalue weighted by molar-refractivity contribution is 0.716. The van der Waals surface area contributed by atoms with E-state index in [-0.39, 0.29) is 12.0 Å². The van der Waals surface area contributed by atoms with Crippen molar-refractivity contribution in [2.45, 2.75) is 19.9 Å². The molecule has 1 aromatic rings. The number of anilines is 1. The van der Waals surface area contributed by atoms with E-state index in [1.165, 1.54) is 0 Å². The van der Waals surface area contributed by atoms with Gasteiger partial charge >= 0.3 is 0 Å². The van der Waals surface area contributed by atoms with Crippen LogP contribution in [0.15, 0.2) is 18.2 Å². The molecule has 1 rings (SSSR count). The Hall–Kier alpha value is -1.24. The summed E-state index contributed by atoms with van der Waals surface area (Å²) in [6.07, 6.45) is 0. The minimum absolute atomic E-state index is 0.0233. The van der Waals surface area contributed by atoms with Crippen molar-refractivity contribution in [1.82, 2.24) is 0 Å². The Morgan fingerprint density at radius 2 is 2.12 bits per heavy atom. The summed E-state index contributed by atoms with van der Waals surface area (Å²) in [5.74, 6) is -0.0239. The molecule has 0 aliphatic carbocycles. The van der Waals surface area contributed by atoms with Crippen LogP contribution < -0.4 is 10.6 Å². The third-order valence-corrected chi connectivity index (χ3v) is 2.98. The fourth-order valence-corrected chi connectivity index (χ4v) is 2.00. The summed E-state index contributed by atoms with van der Waals surface area (Å²) in [7, 11) is 1.93. The van der Waals surface area contributed by atoms with Gasteiger partial charge in [0, 0.05) is 19.6 Å². The van der Waals surface area contributed by atoms with E-state index in [4.69, 9.17) is 22.6 Å². The highest BCUT2D eigenvalue weighted by Gasteiger charge is 2.11. The first-order valence-electron chi connectivity index (χ1n) is 5.61. The minimum Gasteiger partial charge on any atom is -0.372 e. The first-order valence-corrected chi connectivity index (χ1v) is 5.99. The first kappa shape index (κ1) is 13.8. The van der Waals surface area contributed by atoms with Crippen molar-refractivity contribution >= 4 is 17.3 Å². The maximum absolute atomic E-state index is 8.79. The lowest BCUT2D eigenvalue weighted by Gasteiger charge is -2.22. The van der Waals surface area contributed by atoms with Crippen LogP contribution in [0.5, 0.6) is 0 Å². The summed E-state index contributed by atoms with van der Waals surface area (Å²) in [5, 5.41) is 9.46. The molecule has 0 saturated heterocycles. The van der Waals surface area contributed by atoms with Gasteiger partial charge in [0.15, 0.2) is 0 Å². The average molecular weight is 252 g/mol. The molecular formula is C13H18ClN3. The van der Waals surface area contributed by atoms with Gasteiger partial charge in [0.2, 0.25) is 0 Å². The molecule has 2 atom stereocenters. The zero-order valence-corrected chi connectivity index (χ0v) is 11.2. The van der Waals surface area contributed by atoms with Gasteiger partial charge in [-0.05, 0) is 31.5 Å². The number of hydrogen-bond donors (Lipinski definition) is 1. The van der Waals surface area contributed by atoms with Gasteiger partial charge in [-0.1, -0.05) is 17.7 Å². The Morgan fingerprint density at radius 3 is 2.59 bits per heavy atom. The van der Waals surface area contributed by atoms with Crippen LogP contribution in [0.3, 0.4) is 0 Å². The molecule has 0 aliphatic rings. The Bertz CT molecular complexity index is 423. The van der Waals surface area contributed by atoms with Crippen LogP contribution in [-0.2, 0) is 0 Å². The van der Waals surface area contributed by atoms with E-state index in [1.807, 2.05) is 44.0 Å². The van der Waals surface area contributed by atoms with Gasteiger partial charge in [-0.2, -0.15) is 5.26 Å². The molecule has 0 bridgehead atoms. The van der Waals surface area contributed by atoms with Crippen LogP contribution in [0.1, 0.15) is 25.5 Å². The zero-order chi connectivity index (χ0) is 13.0. The van der Waals surface area contributed by atoms with Crippen LogP contribution in [0.2, 0.25) is 5.02 Å². The number of nitrogens with zero attached hydrogens (tertiary/aromatic N) is 2. The summed E-state index contributed by atoms with van der Waals surface area (Å²) in [4.78, 5) is 1.99. The zero-order valence-electron chi connectivity index (χ0n) is 10.4. The summed E-state index contributed by atoms with van der Waals surface area (Å²) in [6.45, 7) is 4.47. The Balaban J connectivity index is 2.89. The van der Waals surface area contributed by atoms with Crippen LogP contribution in [-0.4, -0.2) is 13.6 Å². The Kier molecular flexibility index (Phi) is 4.80.